The number of aromatic hydroxyl groups is 2. The van der Waals surface area contributed by atoms with E-state index in [2.05, 4.69) is 5.32 Å². The molecule has 2 aliphatic heterocycles. The van der Waals surface area contributed by atoms with Gasteiger partial charge in [0.15, 0.2) is 5.75 Å². The number of esters is 1. The fraction of sp³-hybridized carbons (Fsp3) is 0.500. The van der Waals surface area contributed by atoms with Crippen molar-refractivity contribution in [1.82, 2.24) is 9.47 Å². The van der Waals surface area contributed by atoms with Gasteiger partial charge in [-0.05, 0) is 26.8 Å². The minimum absolute atomic E-state index is 0.0104. The first-order chi connectivity index (χ1) is 27.5. The van der Waals surface area contributed by atoms with E-state index in [0.717, 1.165) is 0 Å². The Morgan fingerprint density at radius 1 is 0.932 bits per heavy atom. The van der Waals surface area contributed by atoms with Crippen LogP contribution in [-0.2, 0) is 30.8 Å². The molecule has 9 atom stereocenters. The molecule has 0 aliphatic carbocycles. The van der Waals surface area contributed by atoms with Crippen molar-refractivity contribution in [3.63, 3.8) is 0 Å². The molecule has 4 bridgehead atoms. The average Bonchev–Trinajstić information content (AvgIpc) is 3.60. The Kier molecular flexibility index (Phi) is 12.7. The van der Waals surface area contributed by atoms with E-state index in [1.165, 1.54) is 51.2 Å². The molecule has 5 rings (SSSR count). The van der Waals surface area contributed by atoms with Crippen molar-refractivity contribution in [2.45, 2.75) is 92.5 Å². The molecule has 320 valence electrons. The number of fused-ring (bicyclic) bond motifs is 1. The lowest BCUT2D eigenvalue weighted by atomic mass is 9.78. The van der Waals surface area contributed by atoms with E-state index in [9.17, 15) is 39.6 Å². The Labute approximate surface area is 343 Å². The highest BCUT2D eigenvalue weighted by molar-refractivity contribution is 6.31. The maximum Gasteiger partial charge on any atom is 0.312 e. The first-order valence-corrected chi connectivity index (χ1v) is 19.6. The molecule has 15 nitrogen and oxygen atoms in total. The molecule has 5 N–H and O–H groups in total. The van der Waals surface area contributed by atoms with Gasteiger partial charge in [-0.15, -0.1) is 0 Å². The number of rotatable bonds is 3. The van der Waals surface area contributed by atoms with Crippen LogP contribution in [0.25, 0.3) is 21.7 Å². The summed E-state index contributed by atoms with van der Waals surface area (Å²) in [5, 5.41) is 49.7. The molecular formula is C44H57N3O12. The quantitative estimate of drug-likeness (QED) is 0.163. The van der Waals surface area contributed by atoms with Gasteiger partial charge in [0, 0.05) is 93.4 Å². The van der Waals surface area contributed by atoms with Gasteiger partial charge in [0.05, 0.1) is 52.3 Å². The van der Waals surface area contributed by atoms with Crippen LogP contribution in [0.3, 0.4) is 0 Å². The first-order valence-electron chi connectivity index (χ1n) is 19.6. The number of ketones is 1. The summed E-state index contributed by atoms with van der Waals surface area (Å²) >= 11 is 0. The summed E-state index contributed by atoms with van der Waals surface area (Å²) in [7, 11) is 6.24. The number of phenolic OH excluding ortho intramolecular Hbond substituents is 2. The smallest absolute Gasteiger partial charge is 0.312 e. The zero-order chi connectivity index (χ0) is 44.2. The number of aromatic nitrogens is 1. The molecule has 0 spiro atoms. The van der Waals surface area contributed by atoms with E-state index < -0.39 is 88.9 Å². The van der Waals surface area contributed by atoms with Gasteiger partial charge in [0.1, 0.15) is 17.6 Å². The van der Waals surface area contributed by atoms with Crippen LogP contribution in [-0.4, -0.2) is 105 Å². The minimum Gasteiger partial charge on any atom is -0.507 e. The van der Waals surface area contributed by atoms with Crippen molar-refractivity contribution >= 4 is 50.9 Å². The number of nitrogens with one attached hydrogen (secondary N) is 1. The van der Waals surface area contributed by atoms with Gasteiger partial charge < -0.3 is 54.2 Å². The van der Waals surface area contributed by atoms with Crippen LogP contribution in [0, 0.1) is 37.5 Å². The third kappa shape index (κ3) is 7.67. The molecule has 1 aromatic heterocycles. The number of carbonyl (C=O) groups excluding carboxylic acids is 4. The summed E-state index contributed by atoms with van der Waals surface area (Å²) in [6.45, 7) is 14.3. The number of aliphatic hydroxyl groups is 2. The number of methoxy groups -OCH3 is 1. The number of aliphatic hydroxyl groups excluding tert-OH is 2. The number of anilines is 1. The lowest BCUT2D eigenvalue weighted by molar-refractivity contribution is -0.160. The molecule has 3 heterocycles. The lowest BCUT2D eigenvalue weighted by Crippen LogP contribution is -2.46. The van der Waals surface area contributed by atoms with Gasteiger partial charge in [0.2, 0.25) is 0 Å². The normalized spacial score (nSPS) is 30.1. The van der Waals surface area contributed by atoms with Crippen LogP contribution in [0.4, 0.5) is 5.69 Å². The number of hydrogen-bond acceptors (Lipinski definition) is 12. The zero-order valence-electron chi connectivity index (χ0n) is 36.0. The van der Waals surface area contributed by atoms with Gasteiger partial charge >= 0.3 is 11.8 Å². The second kappa shape index (κ2) is 16.7. The maximum absolute atomic E-state index is 14.7. The second-order valence-electron chi connectivity index (χ2n) is 16.3. The molecule has 0 saturated heterocycles. The van der Waals surface area contributed by atoms with Crippen molar-refractivity contribution in [2.75, 3.05) is 26.5 Å². The molecule has 2 aliphatic rings. The summed E-state index contributed by atoms with van der Waals surface area (Å²) in [5.74, 6) is -7.85. The first kappa shape index (κ1) is 44.7. The Hall–Kier alpha value is -5.38. The third-order valence-corrected chi connectivity index (χ3v) is 12.1. The average molecular weight is 820 g/mol. The molecule has 0 saturated carbocycles. The topological polar surface area (TPSA) is 206 Å². The van der Waals surface area contributed by atoms with Crippen molar-refractivity contribution in [2.24, 2.45) is 30.7 Å². The zero-order valence-corrected chi connectivity index (χ0v) is 36.0. The van der Waals surface area contributed by atoms with Gasteiger partial charge in [-0.3, -0.25) is 19.2 Å². The number of aryl methyl sites for hydroxylation is 1. The van der Waals surface area contributed by atoms with E-state index in [4.69, 9.17) is 18.9 Å². The highest BCUT2D eigenvalue weighted by Gasteiger charge is 2.50. The molecule has 2 amide bonds. The fourth-order valence-corrected chi connectivity index (χ4v) is 8.30. The molecule has 3 aromatic rings. The summed E-state index contributed by atoms with van der Waals surface area (Å²) in [4.78, 5) is 56.2. The second-order valence-corrected chi connectivity index (χ2v) is 16.3. The largest absolute Gasteiger partial charge is 0.507 e. The Morgan fingerprint density at radius 3 is 2.17 bits per heavy atom. The van der Waals surface area contributed by atoms with Gasteiger partial charge in [-0.2, -0.15) is 0 Å². The number of hydrogen-bond donors (Lipinski definition) is 5. The fourth-order valence-electron chi connectivity index (χ4n) is 8.30. The maximum atomic E-state index is 14.7. The van der Waals surface area contributed by atoms with Crippen molar-refractivity contribution in [3.05, 3.63) is 58.5 Å². The van der Waals surface area contributed by atoms with Crippen LogP contribution in [0.15, 0.2) is 36.1 Å². The van der Waals surface area contributed by atoms with Crippen LogP contribution in [0.5, 0.6) is 17.2 Å². The number of amides is 2. The standard InChI is InChI=1S/C44H57N3O12/c1-19-15-14-16-20(2)42(54)45-33-30-28(43(55)46(10)11)25(7)47(12)34(30)29-31(38(33)52)37(51)24(6)40-32(29)41(53)44(9,59-40)57-18-17-27(56-13)21(3)39(58-26(8)48)23(5)36(50)22(4)35(19)49/h14-19,21-23,27,35-36,39,49-52H,1-13H3,(H,45,54)/b15-14-,18-17-,20-16-. The minimum atomic E-state index is -2.01. The number of allylic oxidation sites excluding steroid dienone is 2. The van der Waals surface area contributed by atoms with E-state index >= 15 is 0 Å². The van der Waals surface area contributed by atoms with E-state index in [-0.39, 0.29) is 55.4 Å². The van der Waals surface area contributed by atoms with Crippen LogP contribution in [0.1, 0.15) is 80.4 Å². The molecule has 2 aromatic carbocycles. The van der Waals surface area contributed by atoms with Gasteiger partial charge in [-0.1, -0.05) is 45.9 Å². The Balaban J connectivity index is 1.81. The van der Waals surface area contributed by atoms with Crippen LogP contribution in [0.2, 0.25) is 0 Å². The van der Waals surface area contributed by atoms with Crippen LogP contribution < -0.4 is 10.1 Å². The van der Waals surface area contributed by atoms with E-state index in [0.29, 0.717) is 5.69 Å². The SMILES string of the molecule is COC1/C=C\OC2(C)Oc3c(C)c(O)c4c(O)c(c5c(C(=O)N(C)C)c(C)n(C)c5c4c3C2=O)NC(=O)/C(C)=C\C=C/C(C)C(O)C(C)C(O)C(C)C(OC(C)=O)C1C. The Morgan fingerprint density at radius 2 is 1.58 bits per heavy atom. The molecule has 0 fully saturated rings. The lowest BCUT2D eigenvalue weighted by Gasteiger charge is -2.38. The predicted octanol–water partition coefficient (Wildman–Crippen LogP) is 5.55. The molecule has 9 unspecified atom stereocenters. The number of phenols is 2. The summed E-state index contributed by atoms with van der Waals surface area (Å²) in [6, 6.07) is 0. The molecular weight excluding hydrogens is 762 g/mol. The van der Waals surface area contributed by atoms with Crippen molar-refractivity contribution in [1.29, 1.82) is 0 Å². The van der Waals surface area contributed by atoms with E-state index in [1.54, 1.807) is 79.4 Å². The number of ether oxygens (including phenoxy) is 4. The number of carbonyl (C=O) groups is 4. The highest BCUT2D eigenvalue weighted by atomic mass is 16.7. The molecule has 0 radical (unpaired) electrons. The summed E-state index contributed by atoms with van der Waals surface area (Å²) in [5.41, 5.74) is 0.960. The third-order valence-electron chi connectivity index (χ3n) is 12.1. The van der Waals surface area contributed by atoms with E-state index in [1.807, 2.05) is 0 Å². The number of nitrogens with zero attached hydrogens (tertiary/aromatic N) is 2. The van der Waals surface area contributed by atoms with Gasteiger partial charge in [0.25, 0.3) is 17.6 Å². The number of benzene rings is 2. The Bertz CT molecular complexity index is 2300. The molecule has 59 heavy (non-hydrogen) atoms. The number of Topliss-reactive ketones (excluding diaryl/α,β-unsaturated/α-hetero) is 1. The van der Waals surface area contributed by atoms with Gasteiger partial charge in [-0.25, -0.2) is 0 Å². The van der Waals surface area contributed by atoms with Crippen molar-refractivity contribution < 1.29 is 58.6 Å². The highest BCUT2D eigenvalue weighted by Crippen LogP contribution is 2.55. The van der Waals surface area contributed by atoms with Crippen molar-refractivity contribution in [3.8, 4) is 17.2 Å². The van der Waals surface area contributed by atoms with Crippen LogP contribution >= 0.6 is 0 Å². The summed E-state index contributed by atoms with van der Waals surface area (Å²) < 4.78 is 25.5. The predicted molar refractivity (Wildman–Crippen MR) is 221 cm³/mol. The summed E-state index contributed by atoms with van der Waals surface area (Å²) in [6.07, 6.45) is 3.66. The molecule has 15 heteroatoms. The monoisotopic (exact) mass is 819 g/mol.